The van der Waals surface area contributed by atoms with Gasteiger partial charge in [0.05, 0.1) is 4.34 Å². The Kier molecular flexibility index (Phi) is 3.47. The maximum absolute atomic E-state index is 6.10. The molecular formula is C14H20ClNS. The Morgan fingerprint density at radius 2 is 2.00 bits per heavy atom. The van der Waals surface area contributed by atoms with Gasteiger partial charge >= 0.3 is 0 Å². The Labute approximate surface area is 113 Å². The van der Waals surface area contributed by atoms with Crippen molar-refractivity contribution in [2.75, 3.05) is 0 Å². The molecular weight excluding hydrogens is 250 g/mol. The summed E-state index contributed by atoms with van der Waals surface area (Å²) in [6.07, 6.45) is 7.97. The van der Waals surface area contributed by atoms with Gasteiger partial charge in [0.25, 0.3) is 0 Å². The van der Waals surface area contributed by atoms with Crippen LogP contribution >= 0.6 is 22.9 Å². The molecule has 0 bridgehead atoms. The minimum atomic E-state index is 0.576. The highest BCUT2D eigenvalue weighted by Gasteiger charge is 2.28. The van der Waals surface area contributed by atoms with Crippen LogP contribution in [0.25, 0.3) is 0 Å². The number of aryl methyl sites for hydroxylation is 1. The van der Waals surface area contributed by atoms with Crippen LogP contribution in [0.15, 0.2) is 6.07 Å². The topological polar surface area (TPSA) is 12.0 Å². The van der Waals surface area contributed by atoms with Gasteiger partial charge in [0.15, 0.2) is 0 Å². The second-order valence-electron chi connectivity index (χ2n) is 5.64. The zero-order valence-corrected chi connectivity index (χ0v) is 11.9. The number of hydrogen-bond acceptors (Lipinski definition) is 2. The van der Waals surface area contributed by atoms with Gasteiger partial charge in [-0.25, -0.2) is 0 Å². The van der Waals surface area contributed by atoms with Crippen molar-refractivity contribution in [3.05, 3.63) is 20.8 Å². The summed E-state index contributed by atoms with van der Waals surface area (Å²) in [7, 11) is 0. The molecule has 94 valence electrons. The van der Waals surface area contributed by atoms with E-state index in [-0.39, 0.29) is 0 Å². The molecule has 1 saturated carbocycles. The number of nitrogens with one attached hydrogen (secondary N) is 1. The first-order valence-electron chi connectivity index (χ1n) is 6.76. The van der Waals surface area contributed by atoms with Gasteiger partial charge in [-0.2, -0.15) is 0 Å². The molecule has 0 aromatic carbocycles. The third-order valence-electron chi connectivity index (χ3n) is 4.30. The summed E-state index contributed by atoms with van der Waals surface area (Å²) >= 11 is 7.86. The Bertz CT molecular complexity index is 393. The van der Waals surface area contributed by atoms with E-state index in [1.54, 1.807) is 11.3 Å². The average molecular weight is 270 g/mol. The van der Waals surface area contributed by atoms with Gasteiger partial charge < -0.3 is 5.32 Å². The van der Waals surface area contributed by atoms with Crippen LogP contribution in [-0.2, 0) is 6.42 Å². The van der Waals surface area contributed by atoms with Crippen LogP contribution in [-0.4, -0.2) is 6.04 Å². The van der Waals surface area contributed by atoms with E-state index >= 15 is 0 Å². The van der Waals surface area contributed by atoms with Gasteiger partial charge in [-0.3, -0.25) is 0 Å². The fourth-order valence-corrected chi connectivity index (χ4v) is 4.57. The first kappa shape index (κ1) is 12.0. The lowest BCUT2D eigenvalue weighted by atomic mass is 9.87. The van der Waals surface area contributed by atoms with Crippen molar-refractivity contribution in [3.8, 4) is 0 Å². The zero-order valence-electron chi connectivity index (χ0n) is 10.3. The SMILES string of the molecule is CC1CCC(NC2CCc3sc(Cl)cc32)CC1. The summed E-state index contributed by atoms with van der Waals surface area (Å²) in [5, 5.41) is 3.86. The molecule has 2 aliphatic carbocycles. The molecule has 17 heavy (non-hydrogen) atoms. The predicted octanol–water partition coefficient (Wildman–Crippen LogP) is 4.56. The van der Waals surface area contributed by atoms with Crippen LogP contribution in [0.1, 0.15) is 55.5 Å². The zero-order chi connectivity index (χ0) is 11.8. The van der Waals surface area contributed by atoms with E-state index < -0.39 is 0 Å². The largest absolute Gasteiger partial charge is 0.307 e. The van der Waals surface area contributed by atoms with Crippen molar-refractivity contribution in [1.29, 1.82) is 0 Å². The molecule has 1 N–H and O–H groups in total. The Hall–Kier alpha value is -0.0500. The van der Waals surface area contributed by atoms with E-state index in [4.69, 9.17) is 11.6 Å². The molecule has 1 fully saturated rings. The molecule has 0 saturated heterocycles. The lowest BCUT2D eigenvalue weighted by molar-refractivity contribution is 0.286. The van der Waals surface area contributed by atoms with Crippen molar-refractivity contribution in [3.63, 3.8) is 0 Å². The molecule has 3 rings (SSSR count). The van der Waals surface area contributed by atoms with Gasteiger partial charge in [0.1, 0.15) is 0 Å². The standard InChI is InChI=1S/C14H20ClNS/c1-9-2-4-10(5-3-9)16-12-6-7-13-11(12)8-14(15)17-13/h8-10,12,16H,2-7H2,1H3. The fourth-order valence-electron chi connectivity index (χ4n) is 3.21. The predicted molar refractivity (Wildman–Crippen MR) is 74.9 cm³/mol. The fraction of sp³-hybridized carbons (Fsp3) is 0.714. The third kappa shape index (κ3) is 2.54. The normalized spacial score (nSPS) is 32.7. The number of fused-ring (bicyclic) bond motifs is 1. The number of hydrogen-bond donors (Lipinski definition) is 1. The number of thiophene rings is 1. The van der Waals surface area contributed by atoms with Crippen molar-refractivity contribution in [2.24, 2.45) is 5.92 Å². The van der Waals surface area contributed by atoms with Crippen molar-refractivity contribution in [2.45, 2.75) is 57.5 Å². The molecule has 3 heteroatoms. The van der Waals surface area contributed by atoms with E-state index in [1.165, 1.54) is 49.0 Å². The van der Waals surface area contributed by atoms with Crippen molar-refractivity contribution in [1.82, 2.24) is 5.32 Å². The molecule has 1 unspecified atom stereocenters. The van der Waals surface area contributed by atoms with Crippen LogP contribution in [0.5, 0.6) is 0 Å². The number of halogens is 1. The average Bonchev–Trinajstić information content (AvgIpc) is 2.83. The second-order valence-corrected chi connectivity index (χ2v) is 7.41. The maximum atomic E-state index is 6.10. The molecule has 1 nitrogen and oxygen atoms in total. The first-order valence-corrected chi connectivity index (χ1v) is 7.96. The van der Waals surface area contributed by atoms with E-state index in [1.807, 2.05) is 0 Å². The molecule has 2 aliphatic rings. The van der Waals surface area contributed by atoms with Crippen molar-refractivity contribution >= 4 is 22.9 Å². The molecule has 1 heterocycles. The third-order valence-corrected chi connectivity index (χ3v) is 5.64. The molecule has 0 spiro atoms. The van der Waals surface area contributed by atoms with Gasteiger partial charge in [0, 0.05) is 17.0 Å². The Morgan fingerprint density at radius 3 is 2.76 bits per heavy atom. The van der Waals surface area contributed by atoms with E-state index in [9.17, 15) is 0 Å². The first-order chi connectivity index (χ1) is 8.22. The van der Waals surface area contributed by atoms with E-state index in [0.717, 1.165) is 16.3 Å². The lowest BCUT2D eigenvalue weighted by Crippen LogP contribution is -2.34. The summed E-state index contributed by atoms with van der Waals surface area (Å²) in [5.74, 6) is 0.933. The van der Waals surface area contributed by atoms with Gasteiger partial charge in [-0.1, -0.05) is 18.5 Å². The summed E-state index contributed by atoms with van der Waals surface area (Å²) in [6, 6.07) is 3.49. The Balaban J connectivity index is 1.63. The maximum Gasteiger partial charge on any atom is 0.0934 e. The minimum Gasteiger partial charge on any atom is -0.307 e. The van der Waals surface area contributed by atoms with Crippen LogP contribution in [0.4, 0.5) is 0 Å². The van der Waals surface area contributed by atoms with Gasteiger partial charge in [-0.15, -0.1) is 11.3 Å². The summed E-state index contributed by atoms with van der Waals surface area (Å²) in [4.78, 5) is 1.51. The minimum absolute atomic E-state index is 0.576. The van der Waals surface area contributed by atoms with Crippen LogP contribution < -0.4 is 5.32 Å². The highest BCUT2D eigenvalue weighted by atomic mass is 35.5. The molecule has 1 aromatic heterocycles. The molecule has 1 atom stereocenters. The van der Waals surface area contributed by atoms with Crippen LogP contribution in [0.3, 0.4) is 0 Å². The highest BCUT2D eigenvalue weighted by Crippen LogP contribution is 2.40. The lowest BCUT2D eigenvalue weighted by Gasteiger charge is -2.29. The van der Waals surface area contributed by atoms with E-state index in [0.29, 0.717) is 6.04 Å². The molecule has 1 aromatic rings. The molecule has 0 amide bonds. The van der Waals surface area contributed by atoms with Gasteiger partial charge in [-0.05, 0) is 56.1 Å². The molecule has 0 radical (unpaired) electrons. The quantitative estimate of drug-likeness (QED) is 0.830. The highest BCUT2D eigenvalue weighted by molar-refractivity contribution is 7.16. The van der Waals surface area contributed by atoms with Crippen LogP contribution in [0, 0.1) is 5.92 Å². The van der Waals surface area contributed by atoms with Crippen molar-refractivity contribution < 1.29 is 0 Å². The Morgan fingerprint density at radius 1 is 1.24 bits per heavy atom. The van der Waals surface area contributed by atoms with E-state index in [2.05, 4.69) is 18.3 Å². The molecule has 0 aliphatic heterocycles. The summed E-state index contributed by atoms with van der Waals surface area (Å²) in [5.41, 5.74) is 1.48. The monoisotopic (exact) mass is 269 g/mol. The van der Waals surface area contributed by atoms with Crippen LogP contribution in [0.2, 0.25) is 4.34 Å². The van der Waals surface area contributed by atoms with Gasteiger partial charge in [0.2, 0.25) is 0 Å². The summed E-state index contributed by atoms with van der Waals surface area (Å²) in [6.45, 7) is 2.38. The summed E-state index contributed by atoms with van der Waals surface area (Å²) < 4.78 is 0.957. The smallest absolute Gasteiger partial charge is 0.0934 e. The number of rotatable bonds is 2. The second kappa shape index (κ2) is 4.91.